The number of aliphatic hydroxyl groups is 2. The van der Waals surface area contributed by atoms with E-state index in [1.54, 1.807) is 0 Å². The lowest BCUT2D eigenvalue weighted by Gasteiger charge is -2.35. The molecule has 4 atom stereocenters. The van der Waals surface area contributed by atoms with E-state index < -0.39 is 0 Å². The first-order valence-corrected chi connectivity index (χ1v) is 5.78. The largest absolute Gasteiger partial charge is 0.391 e. The molecule has 3 nitrogen and oxygen atoms in total. The number of rotatable bonds is 1. The maximum atomic E-state index is 9.88. The van der Waals surface area contributed by atoms with E-state index in [1.807, 2.05) is 0 Å². The fourth-order valence-electron chi connectivity index (χ4n) is 2.77. The highest BCUT2D eigenvalue weighted by molar-refractivity contribution is 4.90. The van der Waals surface area contributed by atoms with Crippen LogP contribution >= 0.6 is 0 Å². The number of β-amino-alcohol motifs (C(OH)–C–C–N with tert-alkyl or cyclic N) is 1. The van der Waals surface area contributed by atoms with Gasteiger partial charge in [-0.2, -0.15) is 0 Å². The van der Waals surface area contributed by atoms with E-state index in [4.69, 9.17) is 0 Å². The van der Waals surface area contributed by atoms with Crippen molar-refractivity contribution >= 4 is 0 Å². The lowest BCUT2D eigenvalue weighted by Crippen LogP contribution is -2.44. The minimum absolute atomic E-state index is 0.166. The van der Waals surface area contributed by atoms with Crippen molar-refractivity contribution in [2.45, 2.75) is 50.9 Å². The Kier molecular flexibility index (Phi) is 3.10. The van der Waals surface area contributed by atoms with Crippen LogP contribution in [0.2, 0.25) is 0 Å². The molecular weight excluding hydrogens is 178 g/mol. The number of aliphatic hydroxyl groups excluding tert-OH is 2. The van der Waals surface area contributed by atoms with E-state index in [2.05, 4.69) is 11.8 Å². The van der Waals surface area contributed by atoms with Crippen molar-refractivity contribution in [3.05, 3.63) is 0 Å². The van der Waals surface area contributed by atoms with Gasteiger partial charge in [-0.05, 0) is 18.8 Å². The summed E-state index contributed by atoms with van der Waals surface area (Å²) in [6, 6.07) is 0.309. The molecule has 14 heavy (non-hydrogen) atoms. The number of hydrogen-bond acceptors (Lipinski definition) is 3. The monoisotopic (exact) mass is 199 g/mol. The maximum Gasteiger partial charge on any atom is 0.0704 e. The van der Waals surface area contributed by atoms with Gasteiger partial charge in [0, 0.05) is 19.1 Å². The third-order valence-corrected chi connectivity index (χ3v) is 3.76. The lowest BCUT2D eigenvalue weighted by molar-refractivity contribution is 0.0252. The Labute approximate surface area is 85.7 Å². The molecule has 2 N–H and O–H groups in total. The second kappa shape index (κ2) is 4.17. The summed E-state index contributed by atoms with van der Waals surface area (Å²) in [5, 5.41) is 19.5. The summed E-state index contributed by atoms with van der Waals surface area (Å²) < 4.78 is 0. The third-order valence-electron chi connectivity index (χ3n) is 3.76. The van der Waals surface area contributed by atoms with Gasteiger partial charge in [0.15, 0.2) is 0 Å². The maximum absolute atomic E-state index is 9.88. The molecule has 0 spiro atoms. The summed E-state index contributed by atoms with van der Waals surface area (Å²) in [5.74, 6) is 0.365. The van der Waals surface area contributed by atoms with Crippen molar-refractivity contribution in [3.8, 4) is 0 Å². The Morgan fingerprint density at radius 1 is 1.00 bits per heavy atom. The first-order valence-electron chi connectivity index (χ1n) is 5.78. The Hall–Kier alpha value is -0.120. The molecule has 82 valence electrons. The van der Waals surface area contributed by atoms with Gasteiger partial charge in [0.2, 0.25) is 0 Å². The minimum atomic E-state index is -0.191. The molecule has 1 aliphatic carbocycles. The first kappa shape index (κ1) is 10.4. The average Bonchev–Trinajstić information content (AvgIpc) is 2.48. The van der Waals surface area contributed by atoms with Crippen LogP contribution < -0.4 is 0 Å². The molecule has 2 rings (SSSR count). The molecule has 2 fully saturated rings. The Morgan fingerprint density at radius 2 is 1.71 bits per heavy atom. The molecule has 3 heteroatoms. The molecule has 1 aliphatic heterocycles. The van der Waals surface area contributed by atoms with Gasteiger partial charge in [0.25, 0.3) is 0 Å². The molecule has 2 unspecified atom stereocenters. The highest BCUT2D eigenvalue weighted by Gasteiger charge is 2.36. The van der Waals surface area contributed by atoms with Crippen LogP contribution in [0.25, 0.3) is 0 Å². The van der Waals surface area contributed by atoms with Gasteiger partial charge >= 0.3 is 0 Å². The zero-order valence-electron chi connectivity index (χ0n) is 8.89. The quantitative estimate of drug-likeness (QED) is 0.650. The molecule has 0 radical (unpaired) electrons. The second-order valence-corrected chi connectivity index (χ2v) is 4.92. The van der Waals surface area contributed by atoms with Crippen molar-refractivity contribution in [3.63, 3.8) is 0 Å². The zero-order valence-corrected chi connectivity index (χ0v) is 8.89. The zero-order chi connectivity index (χ0) is 10.1. The molecule has 0 amide bonds. The predicted molar refractivity (Wildman–Crippen MR) is 55.0 cm³/mol. The lowest BCUT2D eigenvalue weighted by atomic mass is 9.91. The van der Waals surface area contributed by atoms with Gasteiger partial charge < -0.3 is 10.2 Å². The molecule has 1 heterocycles. The van der Waals surface area contributed by atoms with E-state index in [0.717, 1.165) is 32.4 Å². The van der Waals surface area contributed by atoms with E-state index in [1.165, 1.54) is 6.42 Å². The average molecular weight is 199 g/mol. The summed E-state index contributed by atoms with van der Waals surface area (Å²) in [6.07, 6.45) is 4.06. The number of hydrogen-bond donors (Lipinski definition) is 2. The number of nitrogens with zero attached hydrogens (tertiary/aromatic N) is 1. The molecule has 0 aromatic heterocycles. The van der Waals surface area contributed by atoms with Crippen LogP contribution in [-0.4, -0.2) is 46.5 Å². The van der Waals surface area contributed by atoms with Crippen LogP contribution in [0, 0.1) is 5.92 Å². The van der Waals surface area contributed by atoms with Crippen LogP contribution in [0.15, 0.2) is 0 Å². The Balaban J connectivity index is 1.94. The summed E-state index contributed by atoms with van der Waals surface area (Å²) in [5.41, 5.74) is 0. The van der Waals surface area contributed by atoms with E-state index >= 15 is 0 Å². The van der Waals surface area contributed by atoms with Crippen LogP contribution in [0.1, 0.15) is 32.6 Å². The standard InChI is InChI=1S/C11H21NO2/c1-8-6-12(7-11(8)14)9-4-2-3-5-10(9)13/h8-11,13-14H,2-7H2,1H3/t8?,9-,10-,11?/m1/s1. The molecular formula is C11H21NO2. The number of likely N-dealkylation sites (tertiary alicyclic amines) is 1. The molecule has 0 aromatic carbocycles. The SMILES string of the molecule is CC1CN([C@@H]2CCCC[C@H]2O)CC1O. The van der Waals surface area contributed by atoms with Crippen molar-refractivity contribution in [2.75, 3.05) is 13.1 Å². The van der Waals surface area contributed by atoms with Gasteiger partial charge in [-0.15, -0.1) is 0 Å². The van der Waals surface area contributed by atoms with Gasteiger partial charge in [-0.1, -0.05) is 19.8 Å². The smallest absolute Gasteiger partial charge is 0.0704 e. The fourth-order valence-corrected chi connectivity index (χ4v) is 2.77. The molecule has 0 aromatic rings. The minimum Gasteiger partial charge on any atom is -0.391 e. The molecule has 1 saturated carbocycles. The summed E-state index contributed by atoms with van der Waals surface area (Å²) >= 11 is 0. The molecule has 2 aliphatic rings. The van der Waals surface area contributed by atoms with E-state index in [9.17, 15) is 10.2 Å². The highest BCUT2D eigenvalue weighted by Crippen LogP contribution is 2.27. The van der Waals surface area contributed by atoms with Crippen LogP contribution in [0.4, 0.5) is 0 Å². The molecule has 1 saturated heterocycles. The normalized spacial score (nSPS) is 45.6. The highest BCUT2D eigenvalue weighted by atomic mass is 16.3. The first-order chi connectivity index (χ1) is 6.68. The second-order valence-electron chi connectivity index (χ2n) is 4.92. The van der Waals surface area contributed by atoms with Crippen LogP contribution in [-0.2, 0) is 0 Å². The van der Waals surface area contributed by atoms with Gasteiger partial charge in [-0.25, -0.2) is 0 Å². The Morgan fingerprint density at radius 3 is 2.29 bits per heavy atom. The van der Waals surface area contributed by atoms with Crippen molar-refractivity contribution in [1.82, 2.24) is 4.90 Å². The predicted octanol–water partition coefficient (Wildman–Crippen LogP) is 0.602. The van der Waals surface area contributed by atoms with Gasteiger partial charge in [0.1, 0.15) is 0 Å². The van der Waals surface area contributed by atoms with Crippen molar-refractivity contribution in [1.29, 1.82) is 0 Å². The Bertz CT molecular complexity index is 188. The summed E-state index contributed by atoms with van der Waals surface area (Å²) in [6.45, 7) is 3.78. The van der Waals surface area contributed by atoms with Gasteiger partial charge in [0.05, 0.1) is 12.2 Å². The van der Waals surface area contributed by atoms with Crippen molar-refractivity contribution < 1.29 is 10.2 Å². The van der Waals surface area contributed by atoms with Crippen LogP contribution in [0.3, 0.4) is 0 Å². The molecule has 0 bridgehead atoms. The van der Waals surface area contributed by atoms with Crippen LogP contribution in [0.5, 0.6) is 0 Å². The van der Waals surface area contributed by atoms with E-state index in [0.29, 0.717) is 12.0 Å². The van der Waals surface area contributed by atoms with E-state index in [-0.39, 0.29) is 12.2 Å². The fraction of sp³-hybridized carbons (Fsp3) is 1.00. The van der Waals surface area contributed by atoms with Gasteiger partial charge in [-0.3, -0.25) is 4.90 Å². The summed E-state index contributed by atoms with van der Waals surface area (Å²) in [7, 11) is 0. The third kappa shape index (κ3) is 1.95. The topological polar surface area (TPSA) is 43.7 Å². The summed E-state index contributed by atoms with van der Waals surface area (Å²) in [4.78, 5) is 2.28. The van der Waals surface area contributed by atoms with Crippen molar-refractivity contribution in [2.24, 2.45) is 5.92 Å².